The predicted octanol–water partition coefficient (Wildman–Crippen LogP) is 6.66. The maximum atomic E-state index is 14.8. The van der Waals surface area contributed by atoms with Crippen molar-refractivity contribution in [3.05, 3.63) is 46.1 Å². The van der Waals surface area contributed by atoms with E-state index >= 15 is 0 Å². The van der Waals surface area contributed by atoms with Crippen LogP contribution in [0.1, 0.15) is 127 Å². The van der Waals surface area contributed by atoms with Crippen LogP contribution in [-0.2, 0) is 38.2 Å². The van der Waals surface area contributed by atoms with Gasteiger partial charge >= 0.3 is 11.9 Å². The topological polar surface area (TPSA) is 154 Å². The Kier molecular flexibility index (Phi) is 13.4. The summed E-state index contributed by atoms with van der Waals surface area (Å²) < 4.78 is 17.9. The van der Waals surface area contributed by atoms with Crippen LogP contribution in [0.2, 0.25) is 0 Å². The fourth-order valence-electron chi connectivity index (χ4n) is 9.14. The van der Waals surface area contributed by atoms with E-state index in [9.17, 15) is 34.2 Å². The summed E-state index contributed by atoms with van der Waals surface area (Å²) in [5, 5.41) is 23.6. The van der Waals surface area contributed by atoms with E-state index < -0.39 is 64.6 Å². The number of carbonyl (C=O) groups is 5. The average Bonchev–Trinajstić information content (AvgIpc) is 3.06. The lowest BCUT2D eigenvalue weighted by molar-refractivity contribution is -0.239. The third-order valence-corrected chi connectivity index (χ3v) is 12.6. The van der Waals surface area contributed by atoms with Crippen LogP contribution in [0.5, 0.6) is 0 Å². The van der Waals surface area contributed by atoms with Gasteiger partial charge in [-0.3, -0.25) is 24.0 Å². The molecule has 2 heterocycles. The van der Waals surface area contributed by atoms with Gasteiger partial charge in [0.25, 0.3) is 0 Å². The Balaban J connectivity index is 2.05. The Labute approximate surface area is 315 Å². The second-order valence-electron chi connectivity index (χ2n) is 17.1. The van der Waals surface area contributed by atoms with Crippen molar-refractivity contribution in [3.63, 3.8) is 0 Å². The van der Waals surface area contributed by atoms with E-state index in [4.69, 9.17) is 14.2 Å². The fourth-order valence-corrected chi connectivity index (χ4v) is 9.14. The van der Waals surface area contributed by atoms with Gasteiger partial charge in [-0.05, 0) is 104 Å². The first-order valence-corrected chi connectivity index (χ1v) is 19.3. The zero-order valence-corrected chi connectivity index (χ0v) is 33.5. The van der Waals surface area contributed by atoms with Crippen LogP contribution >= 0.6 is 0 Å². The van der Waals surface area contributed by atoms with Crippen molar-refractivity contribution in [2.45, 2.75) is 156 Å². The molecule has 0 spiro atoms. The molecule has 10 nitrogen and oxygen atoms in total. The van der Waals surface area contributed by atoms with E-state index in [0.29, 0.717) is 49.7 Å². The molecule has 0 aromatic heterocycles. The highest BCUT2D eigenvalue weighted by Gasteiger charge is 2.60. The molecular formula is C43H62O10. The summed E-state index contributed by atoms with van der Waals surface area (Å²) in [5.41, 5.74) is -0.945. The molecule has 0 radical (unpaired) electrons. The Morgan fingerprint density at radius 2 is 1.62 bits per heavy atom. The Morgan fingerprint density at radius 3 is 2.25 bits per heavy atom. The third-order valence-electron chi connectivity index (χ3n) is 12.6. The first kappa shape index (κ1) is 42.5. The monoisotopic (exact) mass is 738 g/mol. The predicted molar refractivity (Wildman–Crippen MR) is 200 cm³/mol. The number of ketones is 3. The number of carbonyl (C=O) groups excluding carboxylic acids is 5. The highest BCUT2D eigenvalue weighted by Crippen LogP contribution is 2.56. The number of esters is 2. The molecule has 0 saturated carbocycles. The third kappa shape index (κ3) is 9.03. The molecule has 0 unspecified atom stereocenters. The molecule has 0 amide bonds. The molecule has 53 heavy (non-hydrogen) atoms. The molecule has 0 aromatic carbocycles. The van der Waals surface area contributed by atoms with Crippen molar-refractivity contribution >= 4 is 29.3 Å². The first-order chi connectivity index (χ1) is 24.6. The SMILES string of the molecule is COC(=O)[C@]12CC(=O)[C@H](C(C)C)CC(=O)/C(C)=C/CC/C(C)=C/C(=O)[C@H]1CC(C)=C1C[C@H](OC(C)=O)[C@](C)(O)[C@H]3CC[C@@](C)(O)[C@H](CC/C(C)=C\[C@@H]12)O3. The number of aliphatic hydroxyl groups is 2. The molecular weight excluding hydrogens is 676 g/mol. The van der Waals surface area contributed by atoms with E-state index in [1.807, 2.05) is 46.8 Å². The molecule has 2 aliphatic heterocycles. The van der Waals surface area contributed by atoms with E-state index in [2.05, 4.69) is 0 Å². The van der Waals surface area contributed by atoms with Crippen LogP contribution in [0.15, 0.2) is 46.1 Å². The molecule has 2 N–H and O–H groups in total. The number of hydrogen-bond acceptors (Lipinski definition) is 10. The number of fused-ring (bicyclic) bond motifs is 5. The fraction of sp³-hybridized carbons (Fsp3) is 0.698. The maximum absolute atomic E-state index is 14.8. The maximum Gasteiger partial charge on any atom is 0.313 e. The summed E-state index contributed by atoms with van der Waals surface area (Å²) in [5.74, 6) is -4.86. The molecule has 4 rings (SSSR count). The summed E-state index contributed by atoms with van der Waals surface area (Å²) in [7, 11) is 1.26. The van der Waals surface area contributed by atoms with Crippen LogP contribution in [0.25, 0.3) is 0 Å². The van der Waals surface area contributed by atoms with E-state index in [-0.39, 0.29) is 49.0 Å². The normalized spacial score (nSPS) is 39.7. The standard InChI is InChI=1S/C43H62O10/c1-24(2)30-21-34(45)27(5)13-11-12-25(3)19-35(46)33-20-28(6)31-22-39(52-29(7)44)42(9,50)38-16-17-41(8,49)37(53-38)15-14-26(4)18-32(31)43(33,23-36(30)47)40(48)51-10/h13,18-19,24,30,32-33,37-39,49-50H,11-12,14-17,20-23H2,1-10H3/b25-19+,26-18-,27-13+/t30-,32-,33+,37-,38+,39-,41+,42+,43-/m0/s1. The molecule has 9 atom stereocenters. The first-order valence-electron chi connectivity index (χ1n) is 19.3. The minimum Gasteiger partial charge on any atom is -0.469 e. The Bertz CT molecular complexity index is 1590. The van der Waals surface area contributed by atoms with Crippen LogP contribution in [0.4, 0.5) is 0 Å². The molecule has 1 saturated heterocycles. The van der Waals surface area contributed by atoms with Gasteiger partial charge in [0.15, 0.2) is 11.6 Å². The lowest BCUT2D eigenvalue weighted by Crippen LogP contribution is -2.59. The minimum atomic E-state index is -1.73. The van der Waals surface area contributed by atoms with Crippen molar-refractivity contribution in [2.24, 2.45) is 29.1 Å². The highest BCUT2D eigenvalue weighted by atomic mass is 16.6. The molecule has 10 heteroatoms. The number of Topliss-reactive ketones (excluding diaryl/α,β-unsaturated/α-hetero) is 2. The van der Waals surface area contributed by atoms with Crippen LogP contribution in [0, 0.1) is 29.1 Å². The van der Waals surface area contributed by atoms with Gasteiger partial charge in [-0.1, -0.05) is 48.3 Å². The van der Waals surface area contributed by atoms with Gasteiger partial charge in [-0.15, -0.1) is 0 Å². The lowest BCUT2D eigenvalue weighted by Gasteiger charge is -2.50. The van der Waals surface area contributed by atoms with Gasteiger partial charge in [0, 0.05) is 43.9 Å². The van der Waals surface area contributed by atoms with Gasteiger partial charge in [-0.25, -0.2) is 0 Å². The zero-order chi connectivity index (χ0) is 39.6. The largest absolute Gasteiger partial charge is 0.469 e. The van der Waals surface area contributed by atoms with Crippen molar-refractivity contribution in [1.82, 2.24) is 0 Å². The van der Waals surface area contributed by atoms with Gasteiger partial charge in [0.05, 0.1) is 30.3 Å². The summed E-state index contributed by atoms with van der Waals surface area (Å²) in [6, 6.07) is 0. The van der Waals surface area contributed by atoms with Gasteiger partial charge in [0.1, 0.15) is 17.5 Å². The molecule has 2 bridgehead atoms. The molecule has 1 fully saturated rings. The van der Waals surface area contributed by atoms with E-state index in [1.165, 1.54) is 14.0 Å². The smallest absolute Gasteiger partial charge is 0.313 e. The van der Waals surface area contributed by atoms with Gasteiger partial charge < -0.3 is 24.4 Å². The van der Waals surface area contributed by atoms with Crippen molar-refractivity contribution in [1.29, 1.82) is 0 Å². The number of rotatable bonds is 3. The second-order valence-corrected chi connectivity index (χ2v) is 17.1. The molecule has 294 valence electrons. The highest BCUT2D eigenvalue weighted by molar-refractivity contribution is 6.02. The molecule has 2 aliphatic carbocycles. The number of hydrogen-bond donors (Lipinski definition) is 2. The lowest BCUT2D eigenvalue weighted by atomic mass is 9.53. The van der Waals surface area contributed by atoms with Crippen molar-refractivity contribution < 1.29 is 48.4 Å². The Morgan fingerprint density at radius 1 is 0.943 bits per heavy atom. The van der Waals surface area contributed by atoms with Crippen LogP contribution < -0.4 is 0 Å². The molecule has 4 aliphatic rings. The van der Waals surface area contributed by atoms with Crippen LogP contribution in [0.3, 0.4) is 0 Å². The van der Waals surface area contributed by atoms with Crippen molar-refractivity contribution in [2.75, 3.05) is 7.11 Å². The average molecular weight is 739 g/mol. The Hall–Kier alpha value is -3.21. The van der Waals surface area contributed by atoms with E-state index in [1.54, 1.807) is 26.8 Å². The van der Waals surface area contributed by atoms with Crippen molar-refractivity contribution in [3.8, 4) is 0 Å². The summed E-state index contributed by atoms with van der Waals surface area (Å²) >= 11 is 0. The zero-order valence-electron chi connectivity index (χ0n) is 33.5. The summed E-state index contributed by atoms with van der Waals surface area (Å²) in [6.45, 7) is 15.7. The number of ether oxygens (including phenoxy) is 3. The van der Waals surface area contributed by atoms with E-state index in [0.717, 1.165) is 16.7 Å². The summed E-state index contributed by atoms with van der Waals surface area (Å²) in [6.07, 6.45) is 5.18. The second kappa shape index (κ2) is 16.7. The summed E-state index contributed by atoms with van der Waals surface area (Å²) in [4.78, 5) is 70.3. The van der Waals surface area contributed by atoms with Gasteiger partial charge in [-0.2, -0.15) is 0 Å². The quantitative estimate of drug-likeness (QED) is 0.238. The minimum absolute atomic E-state index is 0.00736. The number of methoxy groups -OCH3 is 1. The van der Waals surface area contributed by atoms with Crippen LogP contribution in [-0.4, -0.2) is 76.1 Å². The molecule has 0 aromatic rings. The van der Waals surface area contributed by atoms with Gasteiger partial charge in [0.2, 0.25) is 0 Å². The number of allylic oxidation sites excluding steroid dienone is 7.